The average Bonchev–Trinajstić information content (AvgIpc) is 2.51. The normalized spacial score (nSPS) is 11.9. The number of carbonyl (C=O) groups excluding carboxylic acids is 2. The van der Waals surface area contributed by atoms with E-state index in [1.165, 1.54) is 14.0 Å². The summed E-state index contributed by atoms with van der Waals surface area (Å²) in [4.78, 5) is 22.4. The second-order valence-corrected chi connectivity index (χ2v) is 8.48. The molecule has 1 aromatic rings. The Bertz CT molecular complexity index is 921. The third kappa shape index (κ3) is 7.22. The van der Waals surface area contributed by atoms with Crippen molar-refractivity contribution in [2.75, 3.05) is 24.8 Å². The Hall–Kier alpha value is -2.06. The van der Waals surface area contributed by atoms with E-state index in [0.29, 0.717) is 0 Å². The zero-order valence-electron chi connectivity index (χ0n) is 14.5. The lowest BCUT2D eigenvalue weighted by Gasteiger charge is -2.15. The number of aliphatic hydroxyl groups is 1. The molecule has 0 aliphatic rings. The molecule has 27 heavy (non-hydrogen) atoms. The molecule has 1 rings (SSSR count). The van der Waals surface area contributed by atoms with E-state index in [4.69, 9.17) is 9.29 Å². The summed E-state index contributed by atoms with van der Waals surface area (Å²) >= 11 is 0. The van der Waals surface area contributed by atoms with Gasteiger partial charge in [0.2, 0.25) is 5.91 Å². The third-order valence-electron chi connectivity index (χ3n) is 3.16. The summed E-state index contributed by atoms with van der Waals surface area (Å²) in [6.07, 6.45) is -0.403. The molecule has 0 radical (unpaired) electrons. The minimum Gasteiger partial charge on any atom is -0.495 e. The molecule has 0 aromatic heterocycles. The number of carbonyl (C=O) groups is 2. The second-order valence-electron chi connectivity index (χ2n) is 5.31. The Morgan fingerprint density at radius 3 is 2.30 bits per heavy atom. The van der Waals surface area contributed by atoms with Crippen LogP contribution in [0.2, 0.25) is 0 Å². The van der Waals surface area contributed by atoms with Gasteiger partial charge in [0.05, 0.1) is 32.5 Å². The summed E-state index contributed by atoms with van der Waals surface area (Å²) in [6, 6.07) is 2.20. The molecule has 0 unspecified atom stereocenters. The van der Waals surface area contributed by atoms with E-state index in [-0.39, 0.29) is 27.7 Å². The van der Waals surface area contributed by atoms with Crippen molar-refractivity contribution >= 4 is 37.6 Å². The number of sulfone groups is 1. The largest absolute Gasteiger partial charge is 0.495 e. The standard InChI is InChI=1S/C14H19NO10S2/c1-9(17)5-14(18)15-11-7-12(24-2)13(6-10(11)8-16)26(19,20)4-3-25-27(21,22)23/h6-7,16H,3-5,8H2,1-2H3,(H,15,18)(H,21,22,23). The van der Waals surface area contributed by atoms with Crippen LogP contribution in [-0.4, -0.2) is 57.7 Å². The summed E-state index contributed by atoms with van der Waals surface area (Å²) < 4.78 is 63.3. The van der Waals surface area contributed by atoms with Crippen LogP contribution in [0.25, 0.3) is 0 Å². The maximum Gasteiger partial charge on any atom is 0.397 e. The van der Waals surface area contributed by atoms with Gasteiger partial charge in [-0.15, -0.1) is 0 Å². The highest BCUT2D eigenvalue weighted by atomic mass is 32.3. The topological polar surface area (TPSA) is 173 Å². The number of aliphatic hydroxyl groups excluding tert-OH is 1. The molecule has 0 bridgehead atoms. The number of Topliss-reactive ketones (excluding diaryl/α,β-unsaturated/α-hetero) is 1. The molecule has 0 saturated heterocycles. The summed E-state index contributed by atoms with van der Waals surface area (Å²) in [5.41, 5.74) is 0.0794. The van der Waals surface area contributed by atoms with Gasteiger partial charge in [-0.25, -0.2) is 12.6 Å². The van der Waals surface area contributed by atoms with Gasteiger partial charge in [-0.1, -0.05) is 0 Å². The maximum atomic E-state index is 12.4. The highest BCUT2D eigenvalue weighted by molar-refractivity contribution is 7.91. The van der Waals surface area contributed by atoms with Gasteiger partial charge < -0.3 is 15.2 Å². The van der Waals surface area contributed by atoms with Crippen LogP contribution in [0.3, 0.4) is 0 Å². The molecule has 0 atom stereocenters. The van der Waals surface area contributed by atoms with Crippen molar-refractivity contribution in [3.8, 4) is 5.75 Å². The van der Waals surface area contributed by atoms with Gasteiger partial charge in [0, 0.05) is 17.3 Å². The quantitative estimate of drug-likeness (QED) is 0.333. The minimum absolute atomic E-state index is 0.0296. The van der Waals surface area contributed by atoms with Gasteiger partial charge in [-0.2, -0.15) is 8.42 Å². The molecule has 11 nitrogen and oxygen atoms in total. The number of nitrogens with one attached hydrogen (secondary N) is 1. The molecule has 0 spiro atoms. The predicted molar refractivity (Wildman–Crippen MR) is 92.4 cm³/mol. The smallest absolute Gasteiger partial charge is 0.397 e. The van der Waals surface area contributed by atoms with E-state index in [1.54, 1.807) is 0 Å². The van der Waals surface area contributed by atoms with Crippen LogP contribution >= 0.6 is 0 Å². The van der Waals surface area contributed by atoms with Crippen LogP contribution in [0, 0.1) is 0 Å². The number of benzene rings is 1. The van der Waals surface area contributed by atoms with Crippen LogP contribution in [0.15, 0.2) is 17.0 Å². The predicted octanol–water partition coefficient (Wildman–Crippen LogP) is -0.302. The first-order chi connectivity index (χ1) is 12.4. The lowest BCUT2D eigenvalue weighted by atomic mass is 10.1. The molecule has 0 fully saturated rings. The van der Waals surface area contributed by atoms with E-state index in [9.17, 15) is 31.5 Å². The fourth-order valence-electron chi connectivity index (χ4n) is 2.03. The lowest BCUT2D eigenvalue weighted by Crippen LogP contribution is -2.18. The molecular formula is C14H19NO10S2. The van der Waals surface area contributed by atoms with E-state index < -0.39 is 51.5 Å². The van der Waals surface area contributed by atoms with Crippen LogP contribution in [0.1, 0.15) is 18.9 Å². The van der Waals surface area contributed by atoms with E-state index in [2.05, 4.69) is 9.50 Å². The van der Waals surface area contributed by atoms with Crippen molar-refractivity contribution in [3.63, 3.8) is 0 Å². The van der Waals surface area contributed by atoms with Crippen molar-refractivity contribution < 1.29 is 45.0 Å². The molecule has 152 valence electrons. The Kier molecular flexibility index (Phi) is 7.86. The molecule has 0 aliphatic heterocycles. The van der Waals surface area contributed by atoms with Crippen molar-refractivity contribution in [1.82, 2.24) is 0 Å². The molecule has 0 aliphatic carbocycles. The Morgan fingerprint density at radius 2 is 1.81 bits per heavy atom. The maximum absolute atomic E-state index is 12.4. The zero-order chi connectivity index (χ0) is 20.8. The third-order valence-corrected chi connectivity index (χ3v) is 5.32. The zero-order valence-corrected chi connectivity index (χ0v) is 16.1. The number of ketones is 1. The number of rotatable bonds is 10. The Morgan fingerprint density at radius 1 is 1.19 bits per heavy atom. The highest BCUT2D eigenvalue weighted by Crippen LogP contribution is 2.32. The first-order valence-electron chi connectivity index (χ1n) is 7.35. The van der Waals surface area contributed by atoms with Gasteiger partial charge in [0.1, 0.15) is 16.4 Å². The summed E-state index contributed by atoms with van der Waals surface area (Å²) in [5, 5.41) is 11.8. The molecule has 0 heterocycles. The summed E-state index contributed by atoms with van der Waals surface area (Å²) in [7, 11) is -7.75. The first kappa shape index (κ1) is 23.0. The first-order valence-corrected chi connectivity index (χ1v) is 10.4. The van der Waals surface area contributed by atoms with E-state index in [1.807, 2.05) is 0 Å². The van der Waals surface area contributed by atoms with Crippen molar-refractivity contribution in [1.29, 1.82) is 0 Å². The average molecular weight is 425 g/mol. The Balaban J connectivity index is 3.21. The van der Waals surface area contributed by atoms with Gasteiger partial charge in [0.25, 0.3) is 0 Å². The monoisotopic (exact) mass is 425 g/mol. The number of hydrogen-bond donors (Lipinski definition) is 3. The highest BCUT2D eigenvalue weighted by Gasteiger charge is 2.23. The molecule has 3 N–H and O–H groups in total. The molecule has 1 amide bonds. The SMILES string of the molecule is COc1cc(NC(=O)CC(C)=O)c(CO)cc1S(=O)(=O)CCOS(=O)(=O)O. The Labute approximate surface area is 156 Å². The lowest BCUT2D eigenvalue weighted by molar-refractivity contribution is -0.124. The fraction of sp³-hybridized carbons (Fsp3) is 0.429. The van der Waals surface area contributed by atoms with Crippen molar-refractivity contribution in [3.05, 3.63) is 17.7 Å². The van der Waals surface area contributed by atoms with Crippen molar-refractivity contribution in [2.24, 2.45) is 0 Å². The van der Waals surface area contributed by atoms with Crippen LogP contribution in [0.5, 0.6) is 5.75 Å². The van der Waals surface area contributed by atoms with E-state index in [0.717, 1.165) is 12.1 Å². The summed E-state index contributed by atoms with van der Waals surface area (Å²) in [6.45, 7) is -0.253. The van der Waals surface area contributed by atoms with Gasteiger partial charge in [0.15, 0.2) is 9.84 Å². The number of hydrogen-bond acceptors (Lipinski definition) is 9. The molecular weight excluding hydrogens is 406 g/mol. The number of amides is 1. The number of ether oxygens (including phenoxy) is 1. The van der Waals surface area contributed by atoms with Crippen molar-refractivity contribution in [2.45, 2.75) is 24.8 Å². The second kappa shape index (κ2) is 9.23. The van der Waals surface area contributed by atoms with Gasteiger partial charge in [-0.3, -0.25) is 14.1 Å². The summed E-state index contributed by atoms with van der Waals surface area (Å²) in [5.74, 6) is -2.03. The molecule has 0 saturated carbocycles. The van der Waals surface area contributed by atoms with Gasteiger partial charge >= 0.3 is 10.4 Å². The molecule has 13 heteroatoms. The van der Waals surface area contributed by atoms with Gasteiger partial charge in [-0.05, 0) is 13.0 Å². The molecule has 1 aromatic carbocycles. The van der Waals surface area contributed by atoms with Crippen LogP contribution in [0.4, 0.5) is 5.69 Å². The minimum atomic E-state index is -4.80. The van der Waals surface area contributed by atoms with E-state index >= 15 is 0 Å². The van der Waals surface area contributed by atoms with Crippen LogP contribution in [-0.2, 0) is 40.6 Å². The number of methoxy groups -OCH3 is 1. The number of anilines is 1. The van der Waals surface area contributed by atoms with Crippen LogP contribution < -0.4 is 10.1 Å². The fourth-order valence-corrected chi connectivity index (χ4v) is 3.72.